The Bertz CT molecular complexity index is 274. The Morgan fingerprint density at radius 2 is 2.20 bits per heavy atom. The molecule has 84 valence electrons. The molecule has 1 rings (SSSR count). The second-order valence-electron chi connectivity index (χ2n) is 3.27. The first-order valence-corrected chi connectivity index (χ1v) is 6.14. The Hall–Kier alpha value is -0.610. The minimum absolute atomic E-state index is 0.986. The maximum atomic E-state index is 4.38. The molecule has 4 heteroatoms. The minimum Gasteiger partial charge on any atom is -0.356 e. The Morgan fingerprint density at radius 1 is 1.40 bits per heavy atom. The predicted octanol–water partition coefficient (Wildman–Crippen LogP) is 2.28. The monoisotopic (exact) mass is 271 g/mol. The highest BCUT2D eigenvalue weighted by atomic mass is 79.9. The lowest BCUT2D eigenvalue weighted by atomic mass is 10.4. The van der Waals surface area contributed by atoms with Gasteiger partial charge in [0.25, 0.3) is 0 Å². The molecule has 1 aromatic rings. The maximum Gasteiger partial charge on any atom is 0.128 e. The van der Waals surface area contributed by atoms with Crippen LogP contribution in [0.2, 0.25) is 0 Å². The average Bonchev–Trinajstić information content (AvgIpc) is 2.26. The zero-order valence-corrected chi connectivity index (χ0v) is 10.9. The molecule has 0 aliphatic heterocycles. The van der Waals surface area contributed by atoms with Crippen LogP contribution in [0.3, 0.4) is 0 Å². The van der Waals surface area contributed by atoms with Gasteiger partial charge in [0, 0.05) is 30.3 Å². The largest absolute Gasteiger partial charge is 0.356 e. The van der Waals surface area contributed by atoms with E-state index in [4.69, 9.17) is 0 Å². The standard InChI is InChI=1S/C11H18BrN3/c1-3-13-7-8-15(4-2)11-6-5-10(12)9-14-11/h5-6,9,13H,3-4,7-8H2,1-2H3. The first-order chi connectivity index (χ1) is 7.27. The summed E-state index contributed by atoms with van der Waals surface area (Å²) in [5.41, 5.74) is 0. The van der Waals surface area contributed by atoms with Gasteiger partial charge in [-0.2, -0.15) is 0 Å². The van der Waals surface area contributed by atoms with E-state index in [0.717, 1.165) is 36.5 Å². The summed E-state index contributed by atoms with van der Waals surface area (Å²) in [7, 11) is 0. The molecule has 3 nitrogen and oxygen atoms in total. The van der Waals surface area contributed by atoms with E-state index in [1.54, 1.807) is 0 Å². The molecule has 0 aromatic carbocycles. The van der Waals surface area contributed by atoms with Crippen LogP contribution in [0.25, 0.3) is 0 Å². The molecule has 1 aromatic heterocycles. The number of hydrogen-bond donors (Lipinski definition) is 1. The van der Waals surface area contributed by atoms with Crippen LogP contribution in [0.5, 0.6) is 0 Å². The number of hydrogen-bond acceptors (Lipinski definition) is 3. The quantitative estimate of drug-likeness (QED) is 0.805. The second-order valence-corrected chi connectivity index (χ2v) is 4.18. The molecule has 0 spiro atoms. The van der Waals surface area contributed by atoms with Crippen molar-refractivity contribution in [2.24, 2.45) is 0 Å². The molecule has 0 fully saturated rings. The number of nitrogens with zero attached hydrogens (tertiary/aromatic N) is 2. The zero-order valence-electron chi connectivity index (χ0n) is 9.33. The third kappa shape index (κ3) is 4.18. The molecular formula is C11H18BrN3. The fraction of sp³-hybridized carbons (Fsp3) is 0.545. The van der Waals surface area contributed by atoms with Gasteiger partial charge in [-0.1, -0.05) is 6.92 Å². The van der Waals surface area contributed by atoms with Crippen LogP contribution >= 0.6 is 15.9 Å². The summed E-state index contributed by atoms with van der Waals surface area (Å²) in [6, 6.07) is 4.07. The van der Waals surface area contributed by atoms with E-state index in [0.29, 0.717) is 0 Å². The summed E-state index contributed by atoms with van der Waals surface area (Å²) in [6.07, 6.45) is 1.84. The van der Waals surface area contributed by atoms with Crippen LogP contribution in [0, 0.1) is 0 Å². The molecule has 1 heterocycles. The van der Waals surface area contributed by atoms with Gasteiger partial charge >= 0.3 is 0 Å². The number of rotatable bonds is 6. The summed E-state index contributed by atoms with van der Waals surface area (Å²) in [4.78, 5) is 6.64. The Morgan fingerprint density at radius 3 is 2.73 bits per heavy atom. The molecule has 0 saturated carbocycles. The minimum atomic E-state index is 0.986. The van der Waals surface area contributed by atoms with Crippen molar-refractivity contribution in [3.63, 3.8) is 0 Å². The molecule has 0 radical (unpaired) electrons. The van der Waals surface area contributed by atoms with Crippen molar-refractivity contribution in [3.8, 4) is 0 Å². The topological polar surface area (TPSA) is 28.2 Å². The lowest BCUT2D eigenvalue weighted by Gasteiger charge is -2.21. The SMILES string of the molecule is CCNCCN(CC)c1ccc(Br)cn1. The summed E-state index contributed by atoms with van der Waals surface area (Å²) < 4.78 is 1.02. The molecule has 0 amide bonds. The first kappa shape index (κ1) is 12.5. The van der Waals surface area contributed by atoms with Gasteiger partial charge < -0.3 is 10.2 Å². The fourth-order valence-electron chi connectivity index (χ4n) is 1.38. The molecule has 0 aliphatic carbocycles. The van der Waals surface area contributed by atoms with Crippen LogP contribution in [0.15, 0.2) is 22.8 Å². The van der Waals surface area contributed by atoms with Gasteiger partial charge in [-0.3, -0.25) is 0 Å². The van der Waals surface area contributed by atoms with E-state index in [-0.39, 0.29) is 0 Å². The predicted molar refractivity (Wildman–Crippen MR) is 68.4 cm³/mol. The molecule has 1 N–H and O–H groups in total. The second kappa shape index (κ2) is 6.80. The van der Waals surface area contributed by atoms with Gasteiger partial charge in [0.1, 0.15) is 5.82 Å². The highest BCUT2D eigenvalue weighted by molar-refractivity contribution is 9.10. The average molecular weight is 272 g/mol. The van der Waals surface area contributed by atoms with E-state index >= 15 is 0 Å². The van der Waals surface area contributed by atoms with E-state index in [2.05, 4.69) is 45.0 Å². The van der Waals surface area contributed by atoms with Crippen molar-refractivity contribution < 1.29 is 0 Å². The number of aromatic nitrogens is 1. The summed E-state index contributed by atoms with van der Waals surface area (Å²) in [5.74, 6) is 1.04. The van der Waals surface area contributed by atoms with E-state index < -0.39 is 0 Å². The summed E-state index contributed by atoms with van der Waals surface area (Å²) >= 11 is 3.39. The maximum absolute atomic E-state index is 4.38. The van der Waals surface area contributed by atoms with Gasteiger partial charge in [-0.25, -0.2) is 4.98 Å². The van der Waals surface area contributed by atoms with Crippen molar-refractivity contribution in [3.05, 3.63) is 22.8 Å². The fourth-order valence-corrected chi connectivity index (χ4v) is 1.62. The lowest BCUT2D eigenvalue weighted by Crippen LogP contribution is -2.32. The molecule has 0 bridgehead atoms. The van der Waals surface area contributed by atoms with E-state index in [9.17, 15) is 0 Å². The van der Waals surface area contributed by atoms with Crippen molar-refractivity contribution >= 4 is 21.7 Å². The van der Waals surface area contributed by atoms with Crippen LogP contribution in [0.4, 0.5) is 5.82 Å². The van der Waals surface area contributed by atoms with Crippen LogP contribution in [0.1, 0.15) is 13.8 Å². The van der Waals surface area contributed by atoms with Gasteiger partial charge in [0.15, 0.2) is 0 Å². The highest BCUT2D eigenvalue weighted by Gasteiger charge is 2.04. The zero-order chi connectivity index (χ0) is 11.1. The van der Waals surface area contributed by atoms with Crippen LogP contribution in [-0.4, -0.2) is 31.2 Å². The van der Waals surface area contributed by atoms with Crippen molar-refractivity contribution in [1.82, 2.24) is 10.3 Å². The highest BCUT2D eigenvalue weighted by Crippen LogP contribution is 2.13. The van der Waals surface area contributed by atoms with Gasteiger partial charge in [-0.05, 0) is 41.5 Å². The number of halogens is 1. The Balaban J connectivity index is 2.53. The van der Waals surface area contributed by atoms with Crippen molar-refractivity contribution in [2.75, 3.05) is 31.1 Å². The van der Waals surface area contributed by atoms with Crippen molar-refractivity contribution in [1.29, 1.82) is 0 Å². The number of nitrogens with one attached hydrogen (secondary N) is 1. The third-order valence-corrected chi connectivity index (χ3v) is 2.70. The van der Waals surface area contributed by atoms with Gasteiger partial charge in [-0.15, -0.1) is 0 Å². The molecule has 0 saturated heterocycles. The smallest absolute Gasteiger partial charge is 0.128 e. The summed E-state index contributed by atoms with van der Waals surface area (Å²) in [6.45, 7) is 8.27. The number of likely N-dealkylation sites (N-methyl/N-ethyl adjacent to an activating group) is 2. The Kier molecular flexibility index (Phi) is 5.65. The molecule has 0 aliphatic rings. The van der Waals surface area contributed by atoms with Crippen LogP contribution < -0.4 is 10.2 Å². The molecule has 0 atom stereocenters. The molecule has 0 unspecified atom stereocenters. The van der Waals surface area contributed by atoms with Gasteiger partial charge in [0.2, 0.25) is 0 Å². The molecular weight excluding hydrogens is 254 g/mol. The summed E-state index contributed by atoms with van der Waals surface area (Å²) in [5, 5.41) is 3.32. The van der Waals surface area contributed by atoms with Crippen LogP contribution in [-0.2, 0) is 0 Å². The number of anilines is 1. The Labute approximate surface area is 100 Å². The number of pyridine rings is 1. The third-order valence-electron chi connectivity index (χ3n) is 2.23. The van der Waals surface area contributed by atoms with Crippen molar-refractivity contribution in [2.45, 2.75) is 13.8 Å². The molecule has 15 heavy (non-hydrogen) atoms. The normalized spacial score (nSPS) is 10.3. The van der Waals surface area contributed by atoms with E-state index in [1.807, 2.05) is 18.3 Å². The van der Waals surface area contributed by atoms with Gasteiger partial charge in [0.05, 0.1) is 0 Å². The lowest BCUT2D eigenvalue weighted by molar-refractivity contribution is 0.684. The first-order valence-electron chi connectivity index (χ1n) is 5.35. The van der Waals surface area contributed by atoms with E-state index in [1.165, 1.54) is 0 Å².